The van der Waals surface area contributed by atoms with Gasteiger partial charge in [-0.3, -0.25) is 19.9 Å². The van der Waals surface area contributed by atoms with Gasteiger partial charge in [-0.1, -0.05) is 24.3 Å². The Morgan fingerprint density at radius 1 is 1.35 bits per heavy atom. The minimum absolute atomic E-state index is 0.0562. The fourth-order valence-electron chi connectivity index (χ4n) is 3.71. The number of nitrogens with zero attached hydrogens (tertiary/aromatic N) is 2. The van der Waals surface area contributed by atoms with Gasteiger partial charge in [0.05, 0.1) is 16.4 Å². The van der Waals surface area contributed by atoms with Crippen LogP contribution in [-0.2, 0) is 10.3 Å². The maximum absolute atomic E-state index is 12.2. The molecule has 134 valence electrons. The molecule has 1 aliphatic heterocycles. The number of nitro benzene ring substituents is 1. The molecule has 0 fully saturated rings. The van der Waals surface area contributed by atoms with Crippen molar-refractivity contribution in [1.29, 1.82) is 0 Å². The first-order chi connectivity index (χ1) is 12.3. The van der Waals surface area contributed by atoms with Gasteiger partial charge < -0.3 is 10.4 Å². The number of carbonyl (C=O) groups is 1. The zero-order valence-corrected chi connectivity index (χ0v) is 14.4. The van der Waals surface area contributed by atoms with Crippen molar-refractivity contribution >= 4 is 11.7 Å². The van der Waals surface area contributed by atoms with E-state index in [1.54, 1.807) is 30.6 Å². The largest absolute Gasteiger partial charge is 0.481 e. The second kappa shape index (κ2) is 6.59. The van der Waals surface area contributed by atoms with Crippen molar-refractivity contribution in [3.63, 3.8) is 0 Å². The van der Waals surface area contributed by atoms with Gasteiger partial charge in [-0.2, -0.15) is 0 Å². The van der Waals surface area contributed by atoms with Crippen molar-refractivity contribution in [3.05, 3.63) is 81.8 Å². The zero-order chi connectivity index (χ0) is 18.9. The SMILES string of the molecule is CC1=CC(c2cccc([N+](=O)[O-])c2)C(C(=O)O)C(C)(c2cccnc2)N1. The Labute approximate surface area is 150 Å². The highest BCUT2D eigenvalue weighted by atomic mass is 16.6. The number of allylic oxidation sites excluding steroid dienone is 2. The van der Waals surface area contributed by atoms with Crippen LogP contribution in [-0.4, -0.2) is 21.0 Å². The van der Waals surface area contributed by atoms with E-state index in [0.29, 0.717) is 5.56 Å². The van der Waals surface area contributed by atoms with Crippen molar-refractivity contribution in [1.82, 2.24) is 10.3 Å². The van der Waals surface area contributed by atoms with Crippen molar-refractivity contribution in [2.75, 3.05) is 0 Å². The number of aromatic nitrogens is 1. The third-order valence-electron chi connectivity index (χ3n) is 4.86. The number of hydrogen-bond donors (Lipinski definition) is 2. The highest BCUT2D eigenvalue weighted by Crippen LogP contribution is 2.44. The van der Waals surface area contributed by atoms with Gasteiger partial charge in [-0.15, -0.1) is 0 Å². The minimum Gasteiger partial charge on any atom is -0.481 e. The average Bonchev–Trinajstić information content (AvgIpc) is 2.61. The molecule has 2 heterocycles. The van der Waals surface area contributed by atoms with Crippen molar-refractivity contribution in [2.24, 2.45) is 5.92 Å². The van der Waals surface area contributed by atoms with Crippen LogP contribution in [0.15, 0.2) is 60.6 Å². The average molecular weight is 353 g/mol. The van der Waals surface area contributed by atoms with Gasteiger partial charge in [-0.25, -0.2) is 0 Å². The number of nitro groups is 1. The standard InChI is InChI=1S/C19H19N3O4/c1-12-9-16(13-5-3-7-15(10-13)22(25)26)17(18(23)24)19(2,21-12)14-6-4-8-20-11-14/h3-11,16-17,21H,1-2H3,(H,23,24). The number of nitrogens with one attached hydrogen (secondary N) is 1. The van der Waals surface area contributed by atoms with Gasteiger partial charge in [0, 0.05) is 36.1 Å². The summed E-state index contributed by atoms with van der Waals surface area (Å²) in [4.78, 5) is 27.0. The maximum Gasteiger partial charge on any atom is 0.310 e. The Bertz CT molecular complexity index is 881. The van der Waals surface area contributed by atoms with Crippen LogP contribution in [0.2, 0.25) is 0 Å². The summed E-state index contributed by atoms with van der Waals surface area (Å²) in [6, 6.07) is 9.75. The zero-order valence-electron chi connectivity index (χ0n) is 14.4. The molecule has 0 aliphatic carbocycles. The molecule has 7 heteroatoms. The molecule has 3 rings (SSSR count). The fraction of sp³-hybridized carbons (Fsp3) is 0.263. The molecule has 1 aliphatic rings. The van der Waals surface area contributed by atoms with E-state index in [-0.39, 0.29) is 5.69 Å². The summed E-state index contributed by atoms with van der Waals surface area (Å²) in [5.41, 5.74) is 1.19. The Hall–Kier alpha value is -3.22. The first kappa shape index (κ1) is 17.6. The smallest absolute Gasteiger partial charge is 0.310 e. The Balaban J connectivity index is 2.15. The number of non-ortho nitro benzene ring substituents is 1. The number of benzene rings is 1. The summed E-state index contributed by atoms with van der Waals surface area (Å²) in [6.07, 6.45) is 5.09. The fourth-order valence-corrected chi connectivity index (χ4v) is 3.71. The molecule has 3 atom stereocenters. The van der Waals surface area contributed by atoms with Crippen molar-refractivity contribution in [2.45, 2.75) is 25.3 Å². The normalized spacial score (nSPS) is 25.1. The predicted octanol–water partition coefficient (Wildman–Crippen LogP) is 3.20. The molecule has 0 bridgehead atoms. The lowest BCUT2D eigenvalue weighted by Crippen LogP contribution is -2.53. The van der Waals surface area contributed by atoms with Gasteiger partial charge in [0.25, 0.3) is 5.69 Å². The van der Waals surface area contributed by atoms with E-state index in [4.69, 9.17) is 0 Å². The van der Waals surface area contributed by atoms with Gasteiger partial charge in [0.15, 0.2) is 0 Å². The molecule has 0 saturated heterocycles. The van der Waals surface area contributed by atoms with Crippen LogP contribution in [0.3, 0.4) is 0 Å². The molecular weight excluding hydrogens is 334 g/mol. The Morgan fingerprint density at radius 2 is 2.12 bits per heavy atom. The third-order valence-corrected chi connectivity index (χ3v) is 4.86. The number of pyridine rings is 1. The van der Waals surface area contributed by atoms with Gasteiger partial charge in [-0.05, 0) is 31.0 Å². The summed E-state index contributed by atoms with van der Waals surface area (Å²) >= 11 is 0. The quantitative estimate of drug-likeness (QED) is 0.646. The highest BCUT2D eigenvalue weighted by Gasteiger charge is 2.48. The maximum atomic E-state index is 12.2. The molecule has 2 N–H and O–H groups in total. The lowest BCUT2D eigenvalue weighted by Gasteiger charge is -2.44. The van der Waals surface area contributed by atoms with Crippen LogP contribution in [0.5, 0.6) is 0 Å². The molecule has 3 unspecified atom stereocenters. The molecule has 1 aromatic heterocycles. The van der Waals surface area contributed by atoms with Crippen molar-refractivity contribution < 1.29 is 14.8 Å². The van der Waals surface area contributed by atoms with Crippen LogP contribution >= 0.6 is 0 Å². The van der Waals surface area contributed by atoms with Gasteiger partial charge >= 0.3 is 5.97 Å². The Kier molecular flexibility index (Phi) is 4.46. The number of hydrogen-bond acceptors (Lipinski definition) is 5. The monoisotopic (exact) mass is 353 g/mol. The Morgan fingerprint density at radius 3 is 2.73 bits per heavy atom. The number of carboxylic acids is 1. The molecule has 0 spiro atoms. The molecule has 7 nitrogen and oxygen atoms in total. The molecule has 0 saturated carbocycles. The van der Waals surface area contributed by atoms with E-state index in [1.165, 1.54) is 12.1 Å². The van der Waals surface area contributed by atoms with Gasteiger partial charge in [0.1, 0.15) is 0 Å². The van der Waals surface area contributed by atoms with E-state index >= 15 is 0 Å². The van der Waals surface area contributed by atoms with Crippen LogP contribution < -0.4 is 5.32 Å². The summed E-state index contributed by atoms with van der Waals surface area (Å²) in [7, 11) is 0. The first-order valence-electron chi connectivity index (χ1n) is 8.17. The molecular formula is C19H19N3O4. The predicted molar refractivity (Wildman–Crippen MR) is 95.4 cm³/mol. The van der Waals surface area contributed by atoms with Crippen LogP contribution in [0.25, 0.3) is 0 Å². The first-order valence-corrected chi connectivity index (χ1v) is 8.17. The summed E-state index contributed by atoms with van der Waals surface area (Å²) in [5, 5.41) is 24.4. The highest BCUT2D eigenvalue weighted by molar-refractivity contribution is 5.75. The van der Waals surface area contributed by atoms with E-state index in [0.717, 1.165) is 11.3 Å². The van der Waals surface area contributed by atoms with E-state index in [2.05, 4.69) is 10.3 Å². The topological polar surface area (TPSA) is 105 Å². The summed E-state index contributed by atoms with van der Waals surface area (Å²) in [6.45, 7) is 3.68. The second-order valence-electron chi connectivity index (χ2n) is 6.61. The molecule has 0 amide bonds. The van der Waals surface area contributed by atoms with Crippen LogP contribution in [0.1, 0.15) is 30.9 Å². The van der Waals surface area contributed by atoms with Crippen LogP contribution in [0, 0.1) is 16.0 Å². The lowest BCUT2D eigenvalue weighted by molar-refractivity contribution is -0.384. The van der Waals surface area contributed by atoms with E-state index in [9.17, 15) is 20.0 Å². The van der Waals surface area contributed by atoms with Crippen LogP contribution in [0.4, 0.5) is 5.69 Å². The molecule has 2 aromatic rings. The summed E-state index contributed by atoms with van der Waals surface area (Å²) < 4.78 is 0. The van der Waals surface area contributed by atoms with E-state index < -0.39 is 28.3 Å². The molecule has 0 radical (unpaired) electrons. The number of rotatable bonds is 4. The lowest BCUT2D eigenvalue weighted by atomic mass is 9.68. The molecule has 1 aromatic carbocycles. The number of aliphatic carboxylic acids is 1. The van der Waals surface area contributed by atoms with Gasteiger partial charge in [0.2, 0.25) is 0 Å². The number of carboxylic acid groups (broad SMARTS) is 1. The molecule has 26 heavy (non-hydrogen) atoms. The van der Waals surface area contributed by atoms with Crippen molar-refractivity contribution in [3.8, 4) is 0 Å². The third kappa shape index (κ3) is 3.03. The minimum atomic E-state index is -0.982. The second-order valence-corrected chi connectivity index (χ2v) is 6.61. The summed E-state index contributed by atoms with van der Waals surface area (Å²) in [5.74, 6) is -2.36. The van der Waals surface area contributed by atoms with E-state index in [1.807, 2.05) is 26.0 Å².